The van der Waals surface area contributed by atoms with E-state index in [0.717, 1.165) is 0 Å². The van der Waals surface area contributed by atoms with Crippen molar-refractivity contribution in [1.82, 2.24) is 0 Å². The van der Waals surface area contributed by atoms with E-state index < -0.39 is 4.92 Å². The van der Waals surface area contributed by atoms with Gasteiger partial charge in [0.25, 0.3) is 0 Å². The monoisotopic (exact) mass is 189 g/mol. The quantitative estimate of drug-likeness (QED) is 0.292. The Morgan fingerprint density at radius 1 is 1.36 bits per heavy atom. The number of rotatable bonds is 1. The molecule has 5 nitrogen and oxygen atoms in total. The molecule has 5 heteroatoms. The average Bonchev–Trinajstić information content (AvgIpc) is 2.17. The van der Waals surface area contributed by atoms with Crippen LogP contribution in [0.15, 0.2) is 30.3 Å². The molecule has 0 N–H and O–H groups in total. The molecule has 14 heavy (non-hydrogen) atoms. The summed E-state index contributed by atoms with van der Waals surface area (Å²) in [5.41, 5.74) is 0.0526. The van der Waals surface area contributed by atoms with Crippen molar-refractivity contribution in [3.8, 4) is 0 Å². The van der Waals surface area contributed by atoms with Crippen molar-refractivity contribution in [2.45, 2.75) is 0 Å². The van der Waals surface area contributed by atoms with E-state index in [9.17, 15) is 15.3 Å². The number of para-hydroxylation sites is 1. The van der Waals surface area contributed by atoms with Crippen LogP contribution in [0.2, 0.25) is 0 Å². The van der Waals surface area contributed by atoms with E-state index >= 15 is 0 Å². The predicted octanol–water partition coefficient (Wildman–Crippen LogP) is 1.18. The van der Waals surface area contributed by atoms with Crippen LogP contribution in [-0.2, 0) is 0 Å². The van der Waals surface area contributed by atoms with E-state index in [2.05, 4.69) is 6.20 Å². The SMILES string of the molecule is O=[N+]([O-])c1[c][n+]([O-])c2ccccc2c1. The smallest absolute Gasteiger partial charge is 0.376 e. The summed E-state index contributed by atoms with van der Waals surface area (Å²) in [6.07, 6.45) is 2.11. The predicted molar refractivity (Wildman–Crippen MR) is 48.4 cm³/mol. The van der Waals surface area contributed by atoms with Crippen LogP contribution >= 0.6 is 0 Å². The second kappa shape index (κ2) is 2.95. The maximum Gasteiger partial charge on any atom is 0.376 e. The topological polar surface area (TPSA) is 70.1 Å². The molecule has 0 amide bonds. The summed E-state index contributed by atoms with van der Waals surface area (Å²) < 4.78 is 0.382. The summed E-state index contributed by atoms with van der Waals surface area (Å²) in [6, 6.07) is 7.96. The average molecular weight is 189 g/mol. The van der Waals surface area contributed by atoms with E-state index in [1.807, 2.05) is 0 Å². The highest BCUT2D eigenvalue weighted by atomic mass is 16.6. The molecule has 0 saturated heterocycles. The van der Waals surface area contributed by atoms with Gasteiger partial charge >= 0.3 is 11.9 Å². The molecule has 0 bridgehead atoms. The molecule has 1 heterocycles. The number of pyridine rings is 1. The summed E-state index contributed by atoms with van der Waals surface area (Å²) in [5.74, 6) is 0. The minimum atomic E-state index is -0.638. The Bertz CT molecular complexity index is 510. The van der Waals surface area contributed by atoms with Gasteiger partial charge in [-0.3, -0.25) is 10.1 Å². The zero-order valence-electron chi connectivity index (χ0n) is 7.01. The molecule has 0 atom stereocenters. The number of fused-ring (bicyclic) bond motifs is 1. The Balaban J connectivity index is 2.78. The van der Waals surface area contributed by atoms with Gasteiger partial charge < -0.3 is 5.21 Å². The van der Waals surface area contributed by atoms with Gasteiger partial charge in [0.15, 0.2) is 0 Å². The molecule has 1 aromatic carbocycles. The van der Waals surface area contributed by atoms with Crippen molar-refractivity contribution in [1.29, 1.82) is 0 Å². The fourth-order valence-electron chi connectivity index (χ4n) is 1.23. The van der Waals surface area contributed by atoms with E-state index in [0.29, 0.717) is 15.6 Å². The minimum Gasteiger partial charge on any atom is -0.617 e. The second-order valence-electron chi connectivity index (χ2n) is 2.75. The molecular weight excluding hydrogens is 184 g/mol. The summed E-state index contributed by atoms with van der Waals surface area (Å²) >= 11 is 0. The zero-order chi connectivity index (χ0) is 10.1. The highest BCUT2D eigenvalue weighted by Gasteiger charge is 2.15. The van der Waals surface area contributed by atoms with Crippen molar-refractivity contribution in [3.63, 3.8) is 0 Å². The van der Waals surface area contributed by atoms with E-state index in [-0.39, 0.29) is 5.69 Å². The number of nitro groups is 1. The van der Waals surface area contributed by atoms with Crippen LogP contribution in [0.4, 0.5) is 5.69 Å². The van der Waals surface area contributed by atoms with E-state index in [4.69, 9.17) is 0 Å². The normalized spacial score (nSPS) is 10.3. The highest BCUT2D eigenvalue weighted by Crippen LogP contribution is 2.15. The van der Waals surface area contributed by atoms with Gasteiger partial charge in [0, 0.05) is 12.1 Å². The van der Waals surface area contributed by atoms with Gasteiger partial charge in [0.1, 0.15) is 0 Å². The lowest BCUT2D eigenvalue weighted by Crippen LogP contribution is -2.27. The second-order valence-corrected chi connectivity index (χ2v) is 2.75. The number of hydrogen-bond donors (Lipinski definition) is 0. The molecule has 0 fully saturated rings. The molecule has 0 spiro atoms. The number of benzene rings is 1. The van der Waals surface area contributed by atoms with Gasteiger partial charge in [0.2, 0.25) is 5.52 Å². The molecule has 2 rings (SSSR count). The summed E-state index contributed by atoms with van der Waals surface area (Å²) in [7, 11) is 0. The lowest BCUT2D eigenvalue weighted by Gasteiger charge is -1.98. The first-order valence-corrected chi connectivity index (χ1v) is 3.87. The molecule has 0 unspecified atom stereocenters. The molecule has 1 aromatic heterocycles. The Kier molecular flexibility index (Phi) is 1.78. The van der Waals surface area contributed by atoms with Gasteiger partial charge in [0.05, 0.1) is 10.3 Å². The van der Waals surface area contributed by atoms with Gasteiger partial charge in [-0.15, -0.1) is 0 Å². The Morgan fingerprint density at radius 3 is 2.79 bits per heavy atom. The third-order valence-corrected chi connectivity index (χ3v) is 1.86. The third kappa shape index (κ3) is 1.24. The Morgan fingerprint density at radius 2 is 2.07 bits per heavy atom. The van der Waals surface area contributed by atoms with Crippen molar-refractivity contribution in [2.24, 2.45) is 0 Å². The van der Waals surface area contributed by atoms with Gasteiger partial charge in [-0.2, -0.15) is 4.73 Å². The Labute approximate surface area is 78.9 Å². The van der Waals surface area contributed by atoms with Gasteiger partial charge in [-0.05, 0) is 6.07 Å². The maximum absolute atomic E-state index is 11.3. The summed E-state index contributed by atoms with van der Waals surface area (Å²) in [6.45, 7) is 0. The lowest BCUT2D eigenvalue weighted by atomic mass is 10.2. The minimum absolute atomic E-state index is 0.321. The fourth-order valence-corrected chi connectivity index (χ4v) is 1.23. The van der Waals surface area contributed by atoms with Crippen LogP contribution in [-0.4, -0.2) is 4.92 Å². The standard InChI is InChI=1S/C9H5N2O3/c12-10-6-8(11(13)14)5-7-3-1-2-4-9(7)10/h1-5H. The van der Waals surface area contributed by atoms with Crippen LogP contribution in [0.1, 0.15) is 0 Å². The van der Waals surface area contributed by atoms with Crippen molar-refractivity contribution >= 4 is 16.6 Å². The number of nitrogens with zero attached hydrogens (tertiary/aromatic N) is 2. The van der Waals surface area contributed by atoms with Crippen LogP contribution in [0.25, 0.3) is 10.9 Å². The van der Waals surface area contributed by atoms with Crippen molar-refractivity contribution in [2.75, 3.05) is 0 Å². The first-order valence-electron chi connectivity index (χ1n) is 3.87. The van der Waals surface area contributed by atoms with Crippen LogP contribution in [0.3, 0.4) is 0 Å². The number of aromatic nitrogens is 1. The van der Waals surface area contributed by atoms with Crippen LogP contribution in [0, 0.1) is 21.5 Å². The third-order valence-electron chi connectivity index (χ3n) is 1.86. The fraction of sp³-hybridized carbons (Fsp3) is 0. The number of hydrogen-bond acceptors (Lipinski definition) is 3. The molecule has 0 saturated carbocycles. The lowest BCUT2D eigenvalue weighted by molar-refractivity contribution is -0.586. The Hall–Kier alpha value is -2.17. The van der Waals surface area contributed by atoms with Crippen molar-refractivity contribution in [3.05, 3.63) is 51.9 Å². The summed E-state index contributed by atoms with van der Waals surface area (Å²) in [5, 5.41) is 22.2. The maximum atomic E-state index is 11.3. The molecule has 69 valence electrons. The largest absolute Gasteiger partial charge is 0.617 e. The zero-order valence-corrected chi connectivity index (χ0v) is 7.01. The first kappa shape index (κ1) is 8.43. The van der Waals surface area contributed by atoms with Crippen LogP contribution in [0.5, 0.6) is 0 Å². The first-order chi connectivity index (χ1) is 6.68. The molecule has 1 radical (unpaired) electrons. The van der Waals surface area contributed by atoms with Gasteiger partial charge in [-0.1, -0.05) is 12.1 Å². The van der Waals surface area contributed by atoms with E-state index in [1.165, 1.54) is 6.07 Å². The molecule has 0 aliphatic rings. The van der Waals surface area contributed by atoms with Crippen molar-refractivity contribution < 1.29 is 9.65 Å². The molecule has 0 aliphatic heterocycles. The highest BCUT2D eigenvalue weighted by molar-refractivity contribution is 5.77. The van der Waals surface area contributed by atoms with E-state index in [1.54, 1.807) is 24.3 Å². The summed E-state index contributed by atoms with van der Waals surface area (Å²) in [4.78, 5) is 9.78. The molecule has 0 aliphatic carbocycles. The molecular formula is C9H5N2O3. The van der Waals surface area contributed by atoms with Crippen LogP contribution < -0.4 is 4.73 Å². The van der Waals surface area contributed by atoms with Gasteiger partial charge in [-0.25, -0.2) is 0 Å². The molecule has 2 aromatic rings.